The minimum atomic E-state index is -0.209. The third-order valence-corrected chi connectivity index (χ3v) is 6.68. The number of hydrogen-bond donors (Lipinski definition) is 1. The van der Waals surface area contributed by atoms with Gasteiger partial charge in [-0.25, -0.2) is 4.79 Å². The normalized spacial score (nSPS) is 10.6. The van der Waals surface area contributed by atoms with Crippen LogP contribution in [0.25, 0.3) is 0 Å². The molecule has 0 saturated carbocycles. The van der Waals surface area contributed by atoms with Gasteiger partial charge in [0.15, 0.2) is 0 Å². The van der Waals surface area contributed by atoms with E-state index in [1.165, 1.54) is 5.56 Å². The maximum atomic E-state index is 13.0. The van der Waals surface area contributed by atoms with Gasteiger partial charge in [0.05, 0.1) is 0 Å². The number of urea groups is 1. The van der Waals surface area contributed by atoms with Crippen molar-refractivity contribution in [3.63, 3.8) is 0 Å². The lowest BCUT2D eigenvalue weighted by molar-refractivity contribution is -0.134. The zero-order chi connectivity index (χ0) is 25.6. The summed E-state index contributed by atoms with van der Waals surface area (Å²) in [6.07, 6.45) is 5.20. The zero-order valence-corrected chi connectivity index (χ0v) is 22.1. The lowest BCUT2D eigenvalue weighted by Crippen LogP contribution is -2.41. The lowest BCUT2D eigenvalue weighted by Gasteiger charge is -2.24. The summed E-state index contributed by atoms with van der Waals surface area (Å²) in [6.45, 7) is 5.40. The van der Waals surface area contributed by atoms with E-state index >= 15 is 0 Å². The summed E-state index contributed by atoms with van der Waals surface area (Å²) in [7, 11) is 0. The molecule has 0 spiro atoms. The summed E-state index contributed by atoms with van der Waals surface area (Å²) in [5.41, 5.74) is 2.08. The van der Waals surface area contributed by atoms with Crippen LogP contribution >= 0.6 is 11.8 Å². The first-order valence-electron chi connectivity index (χ1n) is 12.8. The average Bonchev–Trinajstić information content (AvgIpc) is 2.89. The molecule has 0 aliphatic carbocycles. The van der Waals surface area contributed by atoms with Gasteiger partial charge in [0, 0.05) is 35.0 Å². The molecular formula is C30H36N2O3S. The quantitative estimate of drug-likeness (QED) is 0.149. The second kappa shape index (κ2) is 15.0. The van der Waals surface area contributed by atoms with Crippen molar-refractivity contribution in [3.05, 3.63) is 84.4 Å². The van der Waals surface area contributed by atoms with Gasteiger partial charge >= 0.3 is 12.0 Å². The Bertz CT molecular complexity index is 1070. The molecule has 2 amide bonds. The van der Waals surface area contributed by atoms with Gasteiger partial charge in [-0.2, -0.15) is 0 Å². The first-order chi connectivity index (χ1) is 17.6. The Morgan fingerprint density at radius 3 is 2.14 bits per heavy atom. The van der Waals surface area contributed by atoms with Crippen molar-refractivity contribution >= 4 is 29.4 Å². The molecule has 36 heavy (non-hydrogen) atoms. The van der Waals surface area contributed by atoms with E-state index in [2.05, 4.69) is 24.4 Å². The fraction of sp³-hybridized carbons (Fsp3) is 0.333. The predicted molar refractivity (Wildman–Crippen MR) is 148 cm³/mol. The summed E-state index contributed by atoms with van der Waals surface area (Å²) >= 11 is 1.62. The predicted octanol–water partition coefficient (Wildman–Crippen LogP) is 7.49. The zero-order valence-electron chi connectivity index (χ0n) is 21.2. The lowest BCUT2D eigenvalue weighted by atomic mass is 10.1. The minimum absolute atomic E-state index is 0.0596. The van der Waals surface area contributed by atoms with Crippen LogP contribution in [0.15, 0.2) is 88.7 Å². The van der Waals surface area contributed by atoms with E-state index < -0.39 is 0 Å². The molecule has 1 N–H and O–H groups in total. The van der Waals surface area contributed by atoms with Crippen molar-refractivity contribution in [2.24, 2.45) is 0 Å². The Morgan fingerprint density at radius 2 is 1.50 bits per heavy atom. The maximum absolute atomic E-state index is 13.0. The van der Waals surface area contributed by atoms with Crippen LogP contribution < -0.4 is 15.0 Å². The molecule has 3 aromatic rings. The largest absolute Gasteiger partial charge is 0.427 e. The van der Waals surface area contributed by atoms with Gasteiger partial charge in [-0.3, -0.25) is 9.69 Å². The van der Waals surface area contributed by atoms with Gasteiger partial charge in [0.25, 0.3) is 0 Å². The number of amides is 2. The molecular weight excluding hydrogens is 468 g/mol. The summed E-state index contributed by atoms with van der Waals surface area (Å²) in [6, 6.07) is 25.8. The number of anilines is 1. The van der Waals surface area contributed by atoms with Gasteiger partial charge in [-0.05, 0) is 73.4 Å². The smallest absolute Gasteiger partial charge is 0.321 e. The Labute approximate surface area is 219 Å². The third-order valence-electron chi connectivity index (χ3n) is 5.66. The molecule has 6 heteroatoms. The van der Waals surface area contributed by atoms with Crippen LogP contribution in [0, 0.1) is 0 Å². The van der Waals surface area contributed by atoms with Gasteiger partial charge in [0.1, 0.15) is 5.75 Å². The topological polar surface area (TPSA) is 58.6 Å². The molecule has 0 bridgehead atoms. The number of esters is 1. The van der Waals surface area contributed by atoms with E-state index in [1.54, 1.807) is 11.8 Å². The number of rotatable bonds is 13. The fourth-order valence-electron chi connectivity index (χ4n) is 3.69. The molecule has 5 nitrogen and oxygen atoms in total. The van der Waals surface area contributed by atoms with Crippen LogP contribution in [0.4, 0.5) is 10.5 Å². The number of benzene rings is 3. The second-order valence-electron chi connectivity index (χ2n) is 8.62. The van der Waals surface area contributed by atoms with Crippen LogP contribution in [0.3, 0.4) is 0 Å². The van der Waals surface area contributed by atoms with Gasteiger partial charge < -0.3 is 10.1 Å². The first kappa shape index (κ1) is 27.3. The number of hydrogen-bond acceptors (Lipinski definition) is 4. The molecule has 0 aliphatic heterocycles. The third kappa shape index (κ3) is 9.08. The van der Waals surface area contributed by atoms with Crippen LogP contribution in [0.2, 0.25) is 0 Å². The monoisotopic (exact) mass is 504 g/mol. The summed E-state index contributed by atoms with van der Waals surface area (Å²) < 4.78 is 5.33. The Kier molecular flexibility index (Phi) is 11.4. The molecule has 0 aliphatic rings. The van der Waals surface area contributed by atoms with E-state index in [-0.39, 0.29) is 12.0 Å². The molecule has 0 fully saturated rings. The molecule has 3 rings (SSSR count). The number of nitrogens with zero attached hydrogens (tertiary/aromatic N) is 1. The van der Waals surface area contributed by atoms with Crippen molar-refractivity contribution in [2.45, 2.75) is 62.2 Å². The maximum Gasteiger partial charge on any atom is 0.321 e. The number of nitrogens with one attached hydrogen (secondary N) is 1. The highest BCUT2D eigenvalue weighted by atomic mass is 32.2. The molecule has 0 heterocycles. The Hall–Kier alpha value is -3.25. The van der Waals surface area contributed by atoms with Crippen molar-refractivity contribution in [2.75, 3.05) is 18.0 Å². The van der Waals surface area contributed by atoms with Crippen LogP contribution in [0.1, 0.15) is 51.5 Å². The van der Waals surface area contributed by atoms with E-state index in [0.717, 1.165) is 47.6 Å². The summed E-state index contributed by atoms with van der Waals surface area (Å²) in [5.74, 6) is 0.354. The summed E-state index contributed by atoms with van der Waals surface area (Å²) in [5, 5.41) is 3.08. The van der Waals surface area contributed by atoms with E-state index in [0.29, 0.717) is 25.3 Å². The highest BCUT2D eigenvalue weighted by Gasteiger charge is 2.15. The molecule has 0 saturated heterocycles. The highest BCUT2D eigenvalue weighted by molar-refractivity contribution is 7.99. The molecule has 3 aromatic carbocycles. The molecule has 0 unspecified atom stereocenters. The molecule has 0 aromatic heterocycles. The first-order valence-corrected chi connectivity index (χ1v) is 13.6. The molecule has 0 atom stereocenters. The SMILES string of the molecule is CCCCCNC(=O)N(CCc1ccccc1)c1ccc(Sc2ccc(OC(=O)CCC)cc2)cc1. The standard InChI is InChI=1S/C30H36N2O3S/c1-3-5-9-22-31-30(34)32(23-21-24-11-7-6-8-12-24)25-13-17-27(18-14-25)36-28-19-15-26(16-20-28)35-29(33)10-4-2/h6-8,11-20H,3-5,9-10,21-23H2,1-2H3,(H,31,34). The van der Waals surface area contributed by atoms with E-state index in [9.17, 15) is 9.59 Å². The van der Waals surface area contributed by atoms with Gasteiger partial charge in [0.2, 0.25) is 0 Å². The van der Waals surface area contributed by atoms with Crippen molar-refractivity contribution in [3.8, 4) is 5.75 Å². The number of unbranched alkanes of at least 4 members (excludes halogenated alkanes) is 2. The van der Waals surface area contributed by atoms with Crippen LogP contribution in [-0.2, 0) is 11.2 Å². The van der Waals surface area contributed by atoms with E-state index in [1.807, 2.05) is 78.6 Å². The van der Waals surface area contributed by atoms with E-state index in [4.69, 9.17) is 4.74 Å². The van der Waals surface area contributed by atoms with Crippen molar-refractivity contribution in [1.82, 2.24) is 5.32 Å². The van der Waals surface area contributed by atoms with Crippen molar-refractivity contribution in [1.29, 1.82) is 0 Å². The fourth-order valence-corrected chi connectivity index (χ4v) is 4.51. The molecule has 0 radical (unpaired) electrons. The average molecular weight is 505 g/mol. The number of carbonyl (C=O) groups excluding carboxylic acids is 2. The Morgan fingerprint density at radius 1 is 0.833 bits per heavy atom. The Balaban J connectivity index is 1.64. The second-order valence-corrected chi connectivity index (χ2v) is 9.76. The van der Waals surface area contributed by atoms with Crippen LogP contribution in [0.5, 0.6) is 5.75 Å². The van der Waals surface area contributed by atoms with Crippen molar-refractivity contribution < 1.29 is 14.3 Å². The summed E-state index contributed by atoms with van der Waals surface area (Å²) in [4.78, 5) is 28.7. The van der Waals surface area contributed by atoms with Crippen LogP contribution in [-0.4, -0.2) is 25.1 Å². The minimum Gasteiger partial charge on any atom is -0.427 e. The van der Waals surface area contributed by atoms with Gasteiger partial charge in [-0.1, -0.05) is 68.8 Å². The highest BCUT2D eigenvalue weighted by Crippen LogP contribution is 2.30. The number of ether oxygens (including phenoxy) is 1. The van der Waals surface area contributed by atoms with Gasteiger partial charge in [-0.15, -0.1) is 0 Å². The molecule has 190 valence electrons. The number of carbonyl (C=O) groups is 2.